The second-order valence-electron chi connectivity index (χ2n) is 6.32. The van der Waals surface area contributed by atoms with Gasteiger partial charge < -0.3 is 15.2 Å². The zero-order valence-corrected chi connectivity index (χ0v) is 17.2. The minimum Gasteiger partial charge on any atom is -0.446 e. The molecule has 0 aromatic heterocycles. The molecule has 0 saturated carbocycles. The van der Waals surface area contributed by atoms with Crippen molar-refractivity contribution < 1.29 is 14.3 Å². The molecule has 2 aliphatic heterocycles. The zero-order chi connectivity index (χ0) is 19.6. The summed E-state index contributed by atoms with van der Waals surface area (Å²) in [5, 5.41) is 0.396. The van der Waals surface area contributed by atoms with E-state index in [2.05, 4.69) is 4.99 Å². The normalized spacial score (nSPS) is 23.5. The van der Waals surface area contributed by atoms with Crippen molar-refractivity contribution in [3.63, 3.8) is 0 Å². The van der Waals surface area contributed by atoms with Crippen molar-refractivity contribution in [2.24, 2.45) is 15.7 Å². The fourth-order valence-electron chi connectivity index (χ4n) is 2.95. The quantitative estimate of drug-likeness (QED) is 0.568. The lowest BCUT2D eigenvalue weighted by atomic mass is 10.2. The summed E-state index contributed by atoms with van der Waals surface area (Å²) in [6, 6.07) is 0. The lowest BCUT2D eigenvalue weighted by Crippen LogP contribution is -2.34. The molecule has 0 aromatic rings. The summed E-state index contributed by atoms with van der Waals surface area (Å²) >= 11 is 1.40. The van der Waals surface area contributed by atoms with Crippen LogP contribution in [0.1, 0.15) is 46.5 Å². The van der Waals surface area contributed by atoms with Crippen molar-refractivity contribution in [3.8, 4) is 0 Å². The Bertz CT molecular complexity index is 624. The van der Waals surface area contributed by atoms with Gasteiger partial charge in [-0.25, -0.2) is 9.79 Å². The highest BCUT2D eigenvalue weighted by atomic mass is 32.2. The number of nitrogens with zero attached hydrogens (tertiary/aromatic N) is 3. The van der Waals surface area contributed by atoms with E-state index < -0.39 is 0 Å². The Hall–Kier alpha value is -1.80. The molecule has 2 fully saturated rings. The Morgan fingerprint density at radius 2 is 2.22 bits per heavy atom. The lowest BCUT2D eigenvalue weighted by Gasteiger charge is -2.25. The van der Waals surface area contributed by atoms with Crippen LogP contribution < -0.4 is 5.73 Å². The number of amides is 1. The molecule has 7 nitrogen and oxygen atoms in total. The number of aliphatic imine (C=N–C) groups is 2. The summed E-state index contributed by atoms with van der Waals surface area (Å²) < 4.78 is 10.9. The molecule has 0 bridgehead atoms. The molecule has 2 heterocycles. The Kier molecular flexibility index (Phi) is 8.87. The number of allylic oxidation sites excluding steroid dienone is 3. The number of hydrogen-bond acceptors (Lipinski definition) is 6. The summed E-state index contributed by atoms with van der Waals surface area (Å²) in [7, 11) is 0. The van der Waals surface area contributed by atoms with Crippen molar-refractivity contribution in [1.29, 1.82) is 0 Å². The van der Waals surface area contributed by atoms with Gasteiger partial charge >= 0.3 is 6.09 Å². The summed E-state index contributed by atoms with van der Waals surface area (Å²) in [5.41, 5.74) is 7.64. The average molecular weight is 395 g/mol. The van der Waals surface area contributed by atoms with Crippen LogP contribution in [-0.2, 0) is 9.47 Å². The van der Waals surface area contributed by atoms with Crippen molar-refractivity contribution in [2.45, 2.75) is 57.9 Å². The van der Waals surface area contributed by atoms with Gasteiger partial charge in [0.2, 0.25) is 0 Å². The van der Waals surface area contributed by atoms with E-state index in [0.717, 1.165) is 30.7 Å². The monoisotopic (exact) mass is 394 g/mol. The average Bonchev–Trinajstić information content (AvgIpc) is 3.05. The molecule has 1 unspecified atom stereocenters. The van der Waals surface area contributed by atoms with Crippen LogP contribution in [0.2, 0.25) is 0 Å². The number of thioether (sulfide) groups is 1. The number of ether oxygens (including phenoxy) is 2. The molecule has 27 heavy (non-hydrogen) atoms. The van der Waals surface area contributed by atoms with Crippen molar-refractivity contribution in [2.75, 3.05) is 19.8 Å². The van der Waals surface area contributed by atoms with Crippen molar-refractivity contribution in [3.05, 3.63) is 24.0 Å². The summed E-state index contributed by atoms with van der Waals surface area (Å²) in [6.07, 6.45) is 8.34. The summed E-state index contributed by atoms with van der Waals surface area (Å²) in [6.45, 7) is 7.80. The number of likely N-dealkylation sites (tertiary alicyclic amines) is 1. The van der Waals surface area contributed by atoms with Crippen LogP contribution in [0.5, 0.6) is 0 Å². The first-order chi connectivity index (χ1) is 13.0. The van der Waals surface area contributed by atoms with Crippen LogP contribution in [0, 0.1) is 0 Å². The first-order valence-corrected chi connectivity index (χ1v) is 10.4. The number of carbonyl (C=O) groups is 1. The Labute approximate surface area is 165 Å². The molecule has 2 aliphatic rings. The van der Waals surface area contributed by atoms with Gasteiger partial charge in [-0.2, -0.15) is 0 Å². The van der Waals surface area contributed by atoms with Gasteiger partial charge in [-0.05, 0) is 20.3 Å². The first kappa shape index (κ1) is 21.5. The molecular weight excluding hydrogens is 364 g/mol. The number of amidine groups is 1. The minimum absolute atomic E-state index is 0.0630. The Morgan fingerprint density at radius 1 is 1.48 bits per heavy atom. The van der Waals surface area contributed by atoms with Gasteiger partial charge in [-0.1, -0.05) is 30.8 Å². The summed E-state index contributed by atoms with van der Waals surface area (Å²) in [5.74, 6) is 0. The lowest BCUT2D eigenvalue weighted by molar-refractivity contribution is -0.00621. The number of rotatable bonds is 5. The zero-order valence-electron chi connectivity index (χ0n) is 16.4. The smallest absolute Gasteiger partial charge is 0.414 e. The second kappa shape index (κ2) is 11.1. The van der Waals surface area contributed by atoms with Gasteiger partial charge in [-0.3, -0.25) is 9.89 Å². The molecule has 2 saturated heterocycles. The topological polar surface area (TPSA) is 89.5 Å². The molecule has 1 amide bonds. The van der Waals surface area contributed by atoms with Crippen LogP contribution in [0.4, 0.5) is 4.79 Å². The van der Waals surface area contributed by atoms with E-state index in [1.54, 1.807) is 11.1 Å². The first-order valence-electron chi connectivity index (χ1n) is 9.49. The maximum absolute atomic E-state index is 12.6. The maximum atomic E-state index is 12.6. The van der Waals surface area contributed by atoms with E-state index in [4.69, 9.17) is 20.2 Å². The Morgan fingerprint density at radius 3 is 2.89 bits per heavy atom. The third-order valence-electron chi connectivity index (χ3n) is 4.26. The Balaban J connectivity index is 1.96. The number of hydrogen-bond donors (Lipinski definition) is 1. The predicted molar refractivity (Wildman–Crippen MR) is 111 cm³/mol. The molecule has 1 atom stereocenters. The minimum atomic E-state index is -0.300. The van der Waals surface area contributed by atoms with Gasteiger partial charge in [0.25, 0.3) is 0 Å². The maximum Gasteiger partial charge on any atom is 0.414 e. The summed E-state index contributed by atoms with van der Waals surface area (Å²) in [4.78, 5) is 23.1. The van der Waals surface area contributed by atoms with E-state index in [0.29, 0.717) is 31.3 Å². The largest absolute Gasteiger partial charge is 0.446 e. The standard InChI is InChI=1S/C19H30N4O3S/c1-4-6-10-21-18(20)27-14(3)22-16-7-11-23(17(16)5-2)19(24)26-15-8-12-25-13-9-15/h5-6,10,14-15H,4,7-9,11-13H2,1-3H3,(H2,20,21)/b10-6+,17-5?,22-16?. The molecular formula is C19H30N4O3S. The molecule has 0 aliphatic carbocycles. The van der Waals surface area contributed by atoms with Crippen LogP contribution in [0.15, 0.2) is 34.0 Å². The molecule has 150 valence electrons. The van der Waals surface area contributed by atoms with E-state index in [1.165, 1.54) is 11.8 Å². The van der Waals surface area contributed by atoms with Crippen molar-refractivity contribution >= 4 is 28.7 Å². The number of nitrogens with two attached hydrogens (primary N) is 1. The predicted octanol–water partition coefficient (Wildman–Crippen LogP) is 3.67. The molecule has 8 heteroatoms. The third-order valence-corrected chi connectivity index (χ3v) is 5.05. The van der Waals surface area contributed by atoms with Gasteiger partial charge in [0.15, 0.2) is 5.17 Å². The van der Waals surface area contributed by atoms with Gasteiger partial charge in [0, 0.05) is 32.0 Å². The van der Waals surface area contributed by atoms with Crippen LogP contribution >= 0.6 is 11.8 Å². The molecule has 2 N–H and O–H groups in total. The van der Waals surface area contributed by atoms with Gasteiger partial charge in [0.1, 0.15) is 11.5 Å². The molecule has 0 spiro atoms. The van der Waals surface area contributed by atoms with Crippen LogP contribution in [0.3, 0.4) is 0 Å². The van der Waals surface area contributed by atoms with E-state index in [9.17, 15) is 4.79 Å². The fourth-order valence-corrected chi connectivity index (χ4v) is 3.60. The van der Waals surface area contributed by atoms with E-state index in [-0.39, 0.29) is 17.6 Å². The third kappa shape index (κ3) is 6.70. The number of carbonyl (C=O) groups excluding carboxylic acids is 1. The second-order valence-corrected chi connectivity index (χ2v) is 7.66. The highest BCUT2D eigenvalue weighted by Gasteiger charge is 2.31. The van der Waals surface area contributed by atoms with Crippen molar-refractivity contribution in [1.82, 2.24) is 4.90 Å². The molecule has 2 rings (SSSR count). The van der Waals surface area contributed by atoms with Crippen LogP contribution in [-0.4, -0.2) is 53.1 Å². The highest BCUT2D eigenvalue weighted by Crippen LogP contribution is 2.24. The van der Waals surface area contributed by atoms with Crippen LogP contribution in [0.25, 0.3) is 0 Å². The van der Waals surface area contributed by atoms with Gasteiger partial charge in [0.05, 0.1) is 24.6 Å². The fraction of sp³-hybridized carbons (Fsp3) is 0.632. The SMILES string of the molecule is CC=C1C(=NC(C)SC(N)=N/C=C/CC)CCN1C(=O)OC1CCOCC1. The van der Waals surface area contributed by atoms with E-state index in [1.807, 2.05) is 32.9 Å². The highest BCUT2D eigenvalue weighted by molar-refractivity contribution is 8.14. The molecule has 0 radical (unpaired) electrons. The molecule has 0 aromatic carbocycles. The van der Waals surface area contributed by atoms with Gasteiger partial charge in [-0.15, -0.1) is 0 Å². The van der Waals surface area contributed by atoms with E-state index >= 15 is 0 Å².